The Labute approximate surface area is 107 Å². The van der Waals surface area contributed by atoms with Crippen LogP contribution in [0.15, 0.2) is 12.1 Å². The maximum atomic E-state index is 13.4. The van der Waals surface area contributed by atoms with Crippen molar-refractivity contribution in [1.82, 2.24) is 5.32 Å². The van der Waals surface area contributed by atoms with E-state index in [0.29, 0.717) is 36.0 Å². The molecule has 1 aliphatic rings. The summed E-state index contributed by atoms with van der Waals surface area (Å²) in [5.74, 6) is -2.33. The summed E-state index contributed by atoms with van der Waals surface area (Å²) >= 11 is 0. The average molecular weight is 275 g/mol. The summed E-state index contributed by atoms with van der Waals surface area (Å²) in [5, 5.41) is 1.98. The molecule has 104 valence electrons. The van der Waals surface area contributed by atoms with Gasteiger partial charge in [0.25, 0.3) is 0 Å². The molecule has 2 rings (SSSR count). The second-order valence-corrected chi connectivity index (χ2v) is 4.72. The van der Waals surface area contributed by atoms with Crippen LogP contribution in [0.5, 0.6) is 0 Å². The van der Waals surface area contributed by atoms with Gasteiger partial charge in [0.05, 0.1) is 6.04 Å². The predicted molar refractivity (Wildman–Crippen MR) is 61.0 cm³/mol. The summed E-state index contributed by atoms with van der Waals surface area (Å²) in [6.45, 7) is 1.55. The van der Waals surface area contributed by atoms with Crippen molar-refractivity contribution >= 4 is 5.91 Å². The molecule has 19 heavy (non-hydrogen) atoms. The van der Waals surface area contributed by atoms with Crippen LogP contribution in [0.3, 0.4) is 0 Å². The van der Waals surface area contributed by atoms with Crippen LogP contribution in [0.25, 0.3) is 0 Å². The van der Waals surface area contributed by atoms with E-state index in [1.54, 1.807) is 6.92 Å². The third kappa shape index (κ3) is 2.88. The van der Waals surface area contributed by atoms with Gasteiger partial charge >= 0.3 is 12.1 Å². The van der Waals surface area contributed by atoms with Crippen molar-refractivity contribution in [2.45, 2.75) is 38.4 Å². The normalized spacial score (nSPS) is 18.9. The highest BCUT2D eigenvalue weighted by molar-refractivity contribution is 5.82. The first-order valence-corrected chi connectivity index (χ1v) is 5.95. The summed E-state index contributed by atoms with van der Waals surface area (Å²) in [4.78, 5) is 11.0. The monoisotopic (exact) mass is 275 g/mol. The van der Waals surface area contributed by atoms with E-state index in [1.807, 2.05) is 5.32 Å². The fourth-order valence-electron chi connectivity index (χ4n) is 2.33. The molecule has 0 saturated carbocycles. The number of carbonyl (C=O) groups excluding carboxylic acids is 1. The third-order valence-electron chi connectivity index (χ3n) is 3.30. The number of hydrogen-bond acceptors (Lipinski definition) is 1. The van der Waals surface area contributed by atoms with Crippen LogP contribution in [0, 0.1) is 12.7 Å². The van der Waals surface area contributed by atoms with E-state index in [4.69, 9.17) is 0 Å². The number of nitrogens with one attached hydrogen (secondary N) is 1. The molecule has 0 fully saturated rings. The van der Waals surface area contributed by atoms with Crippen LogP contribution >= 0.6 is 0 Å². The molecule has 0 spiro atoms. The molecule has 1 aromatic carbocycles. The van der Waals surface area contributed by atoms with Crippen molar-refractivity contribution in [3.8, 4) is 0 Å². The molecule has 0 aliphatic heterocycles. The fourth-order valence-corrected chi connectivity index (χ4v) is 2.33. The molecule has 1 amide bonds. The molecule has 0 aromatic heterocycles. The molecule has 2 nitrogen and oxygen atoms in total. The predicted octanol–water partition coefficient (Wildman–Crippen LogP) is 3.19. The molecular weight excluding hydrogens is 262 g/mol. The number of aryl methyl sites for hydroxylation is 2. The van der Waals surface area contributed by atoms with Crippen LogP contribution < -0.4 is 5.32 Å². The minimum atomic E-state index is -4.90. The average Bonchev–Trinajstić information content (AvgIpc) is 2.30. The van der Waals surface area contributed by atoms with Crippen LogP contribution in [0.4, 0.5) is 17.6 Å². The number of rotatable bonds is 1. The van der Waals surface area contributed by atoms with Gasteiger partial charge in [0.1, 0.15) is 5.82 Å². The van der Waals surface area contributed by atoms with Crippen LogP contribution in [-0.4, -0.2) is 12.1 Å². The highest BCUT2D eigenvalue weighted by Crippen LogP contribution is 2.32. The van der Waals surface area contributed by atoms with Gasteiger partial charge in [-0.2, -0.15) is 13.2 Å². The van der Waals surface area contributed by atoms with E-state index < -0.39 is 18.1 Å². The maximum absolute atomic E-state index is 13.4. The number of alkyl halides is 3. The van der Waals surface area contributed by atoms with E-state index in [1.165, 1.54) is 12.1 Å². The highest BCUT2D eigenvalue weighted by Gasteiger charge is 2.40. The number of hydrogen-bond donors (Lipinski definition) is 1. The topological polar surface area (TPSA) is 29.1 Å². The number of fused-ring (bicyclic) bond motifs is 1. The first kappa shape index (κ1) is 13.8. The Morgan fingerprint density at radius 1 is 1.37 bits per heavy atom. The Kier molecular flexibility index (Phi) is 3.52. The van der Waals surface area contributed by atoms with Gasteiger partial charge in [0.2, 0.25) is 0 Å². The Bertz CT molecular complexity index is 510. The summed E-state index contributed by atoms with van der Waals surface area (Å²) in [6, 6.07) is 2.17. The number of benzene rings is 1. The minimum absolute atomic E-state index is 0.368. The number of amides is 1. The fraction of sp³-hybridized carbons (Fsp3) is 0.462. The first-order chi connectivity index (χ1) is 8.79. The van der Waals surface area contributed by atoms with Crippen molar-refractivity contribution in [2.24, 2.45) is 0 Å². The molecule has 0 saturated heterocycles. The van der Waals surface area contributed by atoms with Gasteiger partial charge in [-0.05, 0) is 48.9 Å². The standard InChI is InChI=1S/C13H13F4NO/c1-7-5-9-8(6-10(7)14)3-2-4-11(9)18-12(19)13(15,16)17/h5-6,11H,2-4H2,1H3,(H,18,19). The molecular formula is C13H13F4NO. The van der Waals surface area contributed by atoms with Crippen LogP contribution in [-0.2, 0) is 11.2 Å². The molecule has 1 atom stereocenters. The molecule has 0 bridgehead atoms. The van der Waals surface area contributed by atoms with Crippen LogP contribution in [0.1, 0.15) is 35.6 Å². The second-order valence-electron chi connectivity index (χ2n) is 4.72. The van der Waals surface area contributed by atoms with Crippen molar-refractivity contribution in [1.29, 1.82) is 0 Å². The van der Waals surface area contributed by atoms with E-state index in [2.05, 4.69) is 0 Å². The van der Waals surface area contributed by atoms with E-state index in [-0.39, 0.29) is 5.82 Å². The molecule has 1 unspecified atom stereocenters. The van der Waals surface area contributed by atoms with Crippen molar-refractivity contribution in [3.63, 3.8) is 0 Å². The van der Waals surface area contributed by atoms with E-state index >= 15 is 0 Å². The third-order valence-corrected chi connectivity index (χ3v) is 3.30. The lowest BCUT2D eigenvalue weighted by Gasteiger charge is -2.27. The Morgan fingerprint density at radius 2 is 2.05 bits per heavy atom. The smallest absolute Gasteiger partial charge is 0.341 e. The van der Waals surface area contributed by atoms with Gasteiger partial charge in [-0.1, -0.05) is 6.07 Å². The Morgan fingerprint density at radius 3 is 2.68 bits per heavy atom. The Hall–Kier alpha value is -1.59. The molecule has 1 aromatic rings. The van der Waals surface area contributed by atoms with Gasteiger partial charge in [-0.15, -0.1) is 0 Å². The lowest BCUT2D eigenvalue weighted by molar-refractivity contribution is -0.174. The van der Waals surface area contributed by atoms with Gasteiger partial charge < -0.3 is 5.32 Å². The summed E-state index contributed by atoms with van der Waals surface area (Å²) in [5.41, 5.74) is 1.62. The second kappa shape index (κ2) is 4.83. The Balaban J connectivity index is 2.27. The van der Waals surface area contributed by atoms with Gasteiger partial charge in [-0.3, -0.25) is 4.79 Å². The lowest BCUT2D eigenvalue weighted by atomic mass is 9.86. The largest absolute Gasteiger partial charge is 0.471 e. The zero-order chi connectivity index (χ0) is 14.2. The zero-order valence-corrected chi connectivity index (χ0v) is 10.3. The summed E-state index contributed by atoms with van der Waals surface area (Å²) in [7, 11) is 0. The van der Waals surface area contributed by atoms with Gasteiger partial charge in [0.15, 0.2) is 0 Å². The summed E-state index contributed by atoms with van der Waals surface area (Å²) < 4.78 is 50.2. The quantitative estimate of drug-likeness (QED) is 0.783. The van der Waals surface area contributed by atoms with E-state index in [0.717, 1.165) is 0 Å². The lowest BCUT2D eigenvalue weighted by Crippen LogP contribution is -2.40. The highest BCUT2D eigenvalue weighted by atomic mass is 19.4. The number of halogens is 4. The van der Waals surface area contributed by atoms with Crippen LogP contribution in [0.2, 0.25) is 0 Å². The first-order valence-electron chi connectivity index (χ1n) is 5.95. The molecule has 0 heterocycles. The zero-order valence-electron chi connectivity index (χ0n) is 10.3. The maximum Gasteiger partial charge on any atom is 0.471 e. The van der Waals surface area contributed by atoms with Gasteiger partial charge in [-0.25, -0.2) is 4.39 Å². The minimum Gasteiger partial charge on any atom is -0.341 e. The molecule has 0 radical (unpaired) electrons. The number of carbonyl (C=O) groups is 1. The van der Waals surface area contributed by atoms with Crippen molar-refractivity contribution < 1.29 is 22.4 Å². The van der Waals surface area contributed by atoms with Crippen molar-refractivity contribution in [3.05, 3.63) is 34.6 Å². The van der Waals surface area contributed by atoms with E-state index in [9.17, 15) is 22.4 Å². The SMILES string of the molecule is Cc1cc2c(cc1F)CCCC2NC(=O)C(F)(F)F. The molecule has 6 heteroatoms. The van der Waals surface area contributed by atoms with Crippen molar-refractivity contribution in [2.75, 3.05) is 0 Å². The summed E-state index contributed by atoms with van der Waals surface area (Å²) in [6.07, 6.45) is -3.23. The van der Waals surface area contributed by atoms with Gasteiger partial charge in [0, 0.05) is 0 Å². The molecule has 1 N–H and O–H groups in total. The molecule has 1 aliphatic carbocycles.